The average molecular weight is 693 g/mol. The number of rotatable bonds is 20. The van der Waals surface area contributed by atoms with Crippen LogP contribution in [0, 0.1) is 45.3 Å². The van der Waals surface area contributed by atoms with Gasteiger partial charge in [-0.1, -0.05) is 155 Å². The van der Waals surface area contributed by atoms with Crippen molar-refractivity contribution in [1.82, 2.24) is 0 Å². The van der Waals surface area contributed by atoms with Crippen LogP contribution in [0.5, 0.6) is 0 Å². The van der Waals surface area contributed by atoms with Crippen LogP contribution in [-0.2, 0) is 9.53 Å². The first-order chi connectivity index (χ1) is 23.8. The van der Waals surface area contributed by atoms with Crippen molar-refractivity contribution in [3.63, 3.8) is 0 Å². The molecule has 0 N–H and O–H groups in total. The molecule has 0 spiro atoms. The fraction of sp³-hybridized carbons (Fsp3) is 0.896. The van der Waals surface area contributed by atoms with Crippen LogP contribution in [0.2, 0.25) is 0 Å². The molecule has 4 rings (SSSR count). The zero-order valence-electron chi connectivity index (χ0n) is 35.3. The van der Waals surface area contributed by atoms with E-state index in [0.29, 0.717) is 16.7 Å². The molecular formula is C48H84O2. The van der Waals surface area contributed by atoms with Crippen molar-refractivity contribution in [3.05, 3.63) is 22.8 Å². The molecule has 0 bridgehead atoms. The van der Waals surface area contributed by atoms with Crippen LogP contribution in [0.4, 0.5) is 0 Å². The molecule has 0 aromatic carbocycles. The van der Waals surface area contributed by atoms with E-state index in [2.05, 4.69) is 75.3 Å². The van der Waals surface area contributed by atoms with Gasteiger partial charge in [0.05, 0.1) is 5.92 Å². The Kier molecular flexibility index (Phi) is 15.3. The summed E-state index contributed by atoms with van der Waals surface area (Å²) < 4.78 is 6.72. The number of carbonyl (C=O) groups excluding carboxylic acids is 1. The van der Waals surface area contributed by atoms with Crippen LogP contribution < -0.4 is 0 Å². The fourth-order valence-electron chi connectivity index (χ4n) is 12.6. The Balaban J connectivity index is 1.44. The van der Waals surface area contributed by atoms with E-state index in [1.54, 1.807) is 0 Å². The second-order valence-corrected chi connectivity index (χ2v) is 19.8. The number of esters is 1. The maximum atomic E-state index is 14.1. The molecule has 0 amide bonds. The molecule has 2 nitrogen and oxygen atoms in total. The van der Waals surface area contributed by atoms with Crippen LogP contribution >= 0.6 is 0 Å². The summed E-state index contributed by atoms with van der Waals surface area (Å²) in [4.78, 5) is 14.1. The molecule has 7 atom stereocenters. The number of allylic oxidation sites excluding steroid dienone is 4. The Hall–Kier alpha value is -1.05. The van der Waals surface area contributed by atoms with Crippen LogP contribution in [0.1, 0.15) is 223 Å². The van der Waals surface area contributed by atoms with E-state index in [4.69, 9.17) is 4.74 Å². The third-order valence-electron chi connectivity index (χ3n) is 16.0. The van der Waals surface area contributed by atoms with Crippen molar-refractivity contribution in [2.45, 2.75) is 229 Å². The van der Waals surface area contributed by atoms with Gasteiger partial charge in [-0.25, -0.2) is 0 Å². The third-order valence-corrected chi connectivity index (χ3v) is 16.0. The predicted molar refractivity (Wildman–Crippen MR) is 216 cm³/mol. The zero-order valence-corrected chi connectivity index (χ0v) is 35.3. The summed E-state index contributed by atoms with van der Waals surface area (Å²) in [6.45, 7) is 24.6. The van der Waals surface area contributed by atoms with Crippen LogP contribution in [0.3, 0.4) is 0 Å². The molecule has 2 fully saturated rings. The first kappa shape index (κ1) is 41.7. The number of unbranched alkanes of at least 4 members (excludes halogenated alkanes) is 10. The molecule has 0 aliphatic heterocycles. The molecule has 0 saturated heterocycles. The topological polar surface area (TPSA) is 26.3 Å². The summed E-state index contributed by atoms with van der Waals surface area (Å²) in [5.74, 6) is 2.45. The highest BCUT2D eigenvalue weighted by Gasteiger charge is 2.63. The van der Waals surface area contributed by atoms with E-state index in [0.717, 1.165) is 31.1 Å². The van der Waals surface area contributed by atoms with Gasteiger partial charge in [-0.3, -0.25) is 4.79 Å². The Morgan fingerprint density at radius 3 is 1.94 bits per heavy atom. The van der Waals surface area contributed by atoms with Crippen molar-refractivity contribution in [3.8, 4) is 0 Å². The second kappa shape index (κ2) is 18.3. The van der Waals surface area contributed by atoms with E-state index < -0.39 is 0 Å². The van der Waals surface area contributed by atoms with Crippen molar-refractivity contribution >= 4 is 5.97 Å². The lowest BCUT2D eigenvalue weighted by molar-refractivity contribution is -0.175. The van der Waals surface area contributed by atoms with Gasteiger partial charge in [-0.05, 0) is 125 Å². The van der Waals surface area contributed by atoms with Gasteiger partial charge in [0.1, 0.15) is 6.10 Å². The van der Waals surface area contributed by atoms with Gasteiger partial charge >= 0.3 is 5.97 Å². The predicted octanol–water partition coefficient (Wildman–Crippen LogP) is 15.1. The minimum absolute atomic E-state index is 0.00531. The van der Waals surface area contributed by atoms with Crippen molar-refractivity contribution < 1.29 is 9.53 Å². The Labute approximate surface area is 312 Å². The summed E-state index contributed by atoms with van der Waals surface area (Å²) in [6, 6.07) is 0. The molecule has 2 saturated carbocycles. The SMILES string of the molecule is CCCCCCCCC(CCCCCCCC)C(=O)OC1CC[C@]2(C)C3=C(CCC2C1(C)C)[C@]1(C)CC[C@H]([C@H](C)CCC=C(C)C)[C@@]1(C)CC3. The van der Waals surface area contributed by atoms with Crippen LogP contribution in [-0.4, -0.2) is 12.1 Å². The molecule has 50 heavy (non-hydrogen) atoms. The summed E-state index contributed by atoms with van der Waals surface area (Å²) in [7, 11) is 0. The van der Waals surface area contributed by atoms with E-state index in [-0.39, 0.29) is 28.8 Å². The minimum Gasteiger partial charge on any atom is -0.462 e. The van der Waals surface area contributed by atoms with Gasteiger partial charge in [-0.2, -0.15) is 0 Å². The van der Waals surface area contributed by atoms with Crippen molar-refractivity contribution in [2.24, 2.45) is 45.3 Å². The lowest BCUT2D eigenvalue weighted by Gasteiger charge is -2.62. The Morgan fingerprint density at radius 2 is 1.34 bits per heavy atom. The molecule has 4 aliphatic rings. The lowest BCUT2D eigenvalue weighted by atomic mass is 9.43. The molecule has 0 aromatic heterocycles. The molecule has 0 radical (unpaired) electrons. The highest BCUT2D eigenvalue weighted by Crippen LogP contribution is 2.72. The number of hydrogen-bond donors (Lipinski definition) is 0. The summed E-state index contributed by atoms with van der Waals surface area (Å²) in [5.41, 5.74) is 6.21. The van der Waals surface area contributed by atoms with E-state index >= 15 is 0 Å². The molecule has 0 heterocycles. The Bertz CT molecular complexity index is 1120. The monoisotopic (exact) mass is 693 g/mol. The first-order valence-electron chi connectivity index (χ1n) is 22.3. The normalized spacial score (nSPS) is 32.3. The maximum absolute atomic E-state index is 14.1. The highest BCUT2D eigenvalue weighted by molar-refractivity contribution is 5.72. The third kappa shape index (κ3) is 9.00. The Morgan fingerprint density at radius 1 is 0.740 bits per heavy atom. The van der Waals surface area contributed by atoms with Crippen LogP contribution in [0.25, 0.3) is 0 Å². The van der Waals surface area contributed by atoms with Gasteiger partial charge in [0.2, 0.25) is 0 Å². The summed E-state index contributed by atoms with van der Waals surface area (Å²) in [6.07, 6.45) is 32.8. The van der Waals surface area contributed by atoms with Crippen molar-refractivity contribution in [1.29, 1.82) is 0 Å². The van der Waals surface area contributed by atoms with Gasteiger partial charge < -0.3 is 4.74 Å². The van der Waals surface area contributed by atoms with Gasteiger partial charge in [-0.15, -0.1) is 0 Å². The van der Waals surface area contributed by atoms with Crippen LogP contribution in [0.15, 0.2) is 22.8 Å². The van der Waals surface area contributed by atoms with Gasteiger partial charge in [0, 0.05) is 5.41 Å². The van der Waals surface area contributed by atoms with E-state index in [1.165, 1.54) is 140 Å². The summed E-state index contributed by atoms with van der Waals surface area (Å²) in [5, 5.41) is 0. The average Bonchev–Trinajstić information content (AvgIpc) is 3.35. The molecule has 2 heteroatoms. The smallest absolute Gasteiger partial charge is 0.309 e. The maximum Gasteiger partial charge on any atom is 0.309 e. The second-order valence-electron chi connectivity index (χ2n) is 19.8. The minimum atomic E-state index is 0.00531. The molecule has 0 aromatic rings. The standard InChI is InChI=1S/C48H84O2/c1-11-13-15-17-19-21-26-38(27-22-20-18-16-14-12-2)44(49)50-43-32-33-46(8)40-31-35-47(9)39(37(5)25-23-24-36(3)4)30-34-48(47,10)41(40)28-29-42(46)45(43,6)7/h24,37-39,42-43H,11-23,25-35H2,1-10H3/t37-,39-,42?,43?,46-,47-,48+/m1/s1. The largest absolute Gasteiger partial charge is 0.462 e. The molecule has 2 unspecified atom stereocenters. The zero-order chi connectivity index (χ0) is 36.6. The van der Waals surface area contributed by atoms with E-state index in [9.17, 15) is 4.79 Å². The molecule has 4 aliphatic carbocycles. The first-order valence-corrected chi connectivity index (χ1v) is 22.3. The number of carbonyl (C=O) groups is 1. The number of fused-ring (bicyclic) bond motifs is 4. The lowest BCUT2D eigenvalue weighted by Crippen LogP contribution is -2.56. The van der Waals surface area contributed by atoms with Gasteiger partial charge in [0.25, 0.3) is 0 Å². The van der Waals surface area contributed by atoms with Gasteiger partial charge in [0.15, 0.2) is 0 Å². The molecular weight excluding hydrogens is 609 g/mol. The fourth-order valence-corrected chi connectivity index (χ4v) is 12.6. The number of hydrogen-bond acceptors (Lipinski definition) is 2. The quantitative estimate of drug-likeness (QED) is 0.0721. The number of ether oxygens (including phenoxy) is 1. The van der Waals surface area contributed by atoms with E-state index in [1.807, 2.05) is 11.1 Å². The summed E-state index contributed by atoms with van der Waals surface area (Å²) >= 11 is 0. The molecule has 288 valence electrons. The highest BCUT2D eigenvalue weighted by atomic mass is 16.5. The van der Waals surface area contributed by atoms with Crippen molar-refractivity contribution in [2.75, 3.05) is 0 Å².